The van der Waals surface area contributed by atoms with Crippen molar-refractivity contribution in [3.05, 3.63) is 54.0 Å². The van der Waals surface area contributed by atoms with Crippen molar-refractivity contribution in [2.45, 2.75) is 56.4 Å². The number of methoxy groups -OCH3 is 1. The lowest BCUT2D eigenvalue weighted by Gasteiger charge is -2.31. The van der Waals surface area contributed by atoms with Crippen LogP contribution in [-0.4, -0.2) is 52.2 Å². The van der Waals surface area contributed by atoms with Crippen molar-refractivity contribution in [3.8, 4) is 11.5 Å². The van der Waals surface area contributed by atoms with Crippen molar-refractivity contribution in [1.29, 1.82) is 0 Å². The summed E-state index contributed by atoms with van der Waals surface area (Å²) in [6, 6.07) is 9.94. The Morgan fingerprint density at radius 2 is 1.80 bits per heavy atom. The van der Waals surface area contributed by atoms with E-state index in [1.165, 1.54) is 56.9 Å². The fourth-order valence-electron chi connectivity index (χ4n) is 5.17. The lowest BCUT2D eigenvalue weighted by Crippen LogP contribution is -2.33. The number of anilines is 4. The van der Waals surface area contributed by atoms with Crippen molar-refractivity contribution in [3.63, 3.8) is 0 Å². The predicted molar refractivity (Wildman–Crippen MR) is 138 cm³/mol. The number of pyridine rings is 1. The lowest BCUT2D eigenvalue weighted by atomic mass is 9.92. The van der Waals surface area contributed by atoms with Gasteiger partial charge in [-0.25, -0.2) is 4.98 Å². The number of hydrogen-bond acceptors (Lipinski definition) is 8. The number of phenolic OH excluding ortho intramolecular Hbond substituents is 1. The molecule has 2 bridgehead atoms. The van der Waals surface area contributed by atoms with E-state index in [-0.39, 0.29) is 5.75 Å². The summed E-state index contributed by atoms with van der Waals surface area (Å²) < 4.78 is 5.13. The largest absolute Gasteiger partial charge is 0.504 e. The molecule has 0 aliphatic heterocycles. The zero-order valence-corrected chi connectivity index (χ0v) is 20.7. The maximum atomic E-state index is 9.72. The van der Waals surface area contributed by atoms with Crippen LogP contribution < -0.4 is 15.4 Å². The van der Waals surface area contributed by atoms with Crippen LogP contribution >= 0.6 is 0 Å². The molecule has 3 aliphatic rings. The van der Waals surface area contributed by atoms with E-state index in [0.717, 1.165) is 17.4 Å². The van der Waals surface area contributed by atoms with Crippen molar-refractivity contribution >= 4 is 23.1 Å². The standard InChI is InChI=1S/C21H21N5O2.C6H13N/c1-28-18-10-14(4-5-17(18)27)25-21-22-7-6-19(26-21)24-15-9-16-12-2-3-13(8-12)20(16)23-11-15;1-7(2)6-4-3-5-6/h4-7,9-13,27H,2-3,8H2,1H3,(H2,22,24,25,26);6H,3-5H2,1-2H3. The predicted octanol–water partition coefficient (Wildman–Crippen LogP) is 5.54. The summed E-state index contributed by atoms with van der Waals surface area (Å²) in [6.45, 7) is 0. The van der Waals surface area contributed by atoms with Crippen molar-refractivity contribution < 1.29 is 9.84 Å². The van der Waals surface area contributed by atoms with Gasteiger partial charge in [-0.1, -0.05) is 6.42 Å². The van der Waals surface area contributed by atoms with Gasteiger partial charge in [0.25, 0.3) is 0 Å². The number of fused-ring (bicyclic) bond motifs is 5. The Balaban J connectivity index is 0.000000313. The molecule has 2 atom stereocenters. The van der Waals surface area contributed by atoms with Crippen LogP contribution in [0.2, 0.25) is 0 Å². The molecule has 3 aliphatic carbocycles. The maximum absolute atomic E-state index is 9.72. The third-order valence-corrected chi connectivity index (χ3v) is 7.38. The molecule has 3 N–H and O–H groups in total. The summed E-state index contributed by atoms with van der Waals surface area (Å²) in [6.07, 6.45) is 11.7. The van der Waals surface area contributed by atoms with Gasteiger partial charge in [-0.15, -0.1) is 0 Å². The van der Waals surface area contributed by atoms with Gasteiger partial charge < -0.3 is 25.4 Å². The van der Waals surface area contributed by atoms with Crippen LogP contribution in [0, 0.1) is 0 Å². The van der Waals surface area contributed by atoms with Gasteiger partial charge in [-0.2, -0.15) is 4.98 Å². The Kier molecular flexibility index (Phi) is 6.72. The van der Waals surface area contributed by atoms with E-state index >= 15 is 0 Å². The highest BCUT2D eigenvalue weighted by Gasteiger charge is 2.38. The molecule has 0 radical (unpaired) electrons. The molecule has 2 aromatic heterocycles. The number of rotatable bonds is 6. The molecule has 1 aromatic carbocycles. The molecular formula is C27H34N6O2. The minimum Gasteiger partial charge on any atom is -0.504 e. The zero-order valence-electron chi connectivity index (χ0n) is 20.7. The molecule has 8 nitrogen and oxygen atoms in total. The van der Waals surface area contributed by atoms with E-state index in [4.69, 9.17) is 9.72 Å². The van der Waals surface area contributed by atoms with Crippen molar-refractivity contribution in [2.75, 3.05) is 31.8 Å². The summed E-state index contributed by atoms with van der Waals surface area (Å²) in [7, 11) is 5.82. The molecule has 2 heterocycles. The third kappa shape index (κ3) is 5.17. The number of aromatic hydroxyl groups is 1. The molecule has 184 valence electrons. The second-order valence-electron chi connectivity index (χ2n) is 9.86. The molecule has 3 aromatic rings. The molecule has 0 spiro atoms. The van der Waals surface area contributed by atoms with Gasteiger partial charge in [0.05, 0.1) is 19.0 Å². The van der Waals surface area contributed by atoms with E-state index in [1.54, 1.807) is 24.4 Å². The highest BCUT2D eigenvalue weighted by Crippen LogP contribution is 2.52. The van der Waals surface area contributed by atoms with Crippen LogP contribution in [0.15, 0.2) is 42.7 Å². The average molecular weight is 475 g/mol. The molecule has 2 unspecified atom stereocenters. The topological polar surface area (TPSA) is 95.4 Å². The van der Waals surface area contributed by atoms with E-state index in [2.05, 4.69) is 45.7 Å². The van der Waals surface area contributed by atoms with Gasteiger partial charge in [0.15, 0.2) is 11.5 Å². The maximum Gasteiger partial charge on any atom is 0.229 e. The summed E-state index contributed by atoms with van der Waals surface area (Å²) in [5.74, 6) is 2.94. The molecular weight excluding hydrogens is 440 g/mol. The van der Waals surface area contributed by atoms with Gasteiger partial charge in [-0.05, 0) is 81.9 Å². The molecule has 2 saturated carbocycles. The summed E-state index contributed by atoms with van der Waals surface area (Å²) in [4.78, 5) is 15.8. The summed E-state index contributed by atoms with van der Waals surface area (Å²) >= 11 is 0. The number of nitrogens with one attached hydrogen (secondary N) is 2. The Labute approximate surface area is 206 Å². The second-order valence-corrected chi connectivity index (χ2v) is 9.86. The fourth-order valence-corrected chi connectivity index (χ4v) is 5.17. The first-order valence-corrected chi connectivity index (χ1v) is 12.4. The lowest BCUT2D eigenvalue weighted by molar-refractivity contribution is 0.193. The van der Waals surface area contributed by atoms with Crippen LogP contribution in [-0.2, 0) is 0 Å². The number of benzene rings is 1. The highest BCUT2D eigenvalue weighted by molar-refractivity contribution is 5.62. The van der Waals surface area contributed by atoms with E-state index in [1.807, 2.05) is 12.3 Å². The highest BCUT2D eigenvalue weighted by atomic mass is 16.5. The van der Waals surface area contributed by atoms with Crippen LogP contribution in [0.1, 0.15) is 61.6 Å². The number of nitrogens with zero attached hydrogens (tertiary/aromatic N) is 4. The first kappa shape index (κ1) is 23.4. The first-order chi connectivity index (χ1) is 17.0. The smallest absolute Gasteiger partial charge is 0.229 e. The van der Waals surface area contributed by atoms with Crippen LogP contribution in [0.4, 0.5) is 23.1 Å². The minimum absolute atomic E-state index is 0.0854. The van der Waals surface area contributed by atoms with Crippen molar-refractivity contribution in [2.24, 2.45) is 0 Å². The Morgan fingerprint density at radius 3 is 2.51 bits per heavy atom. The quantitative estimate of drug-likeness (QED) is 0.401. The molecule has 6 rings (SSSR count). The number of aromatic nitrogens is 3. The fraction of sp³-hybridized carbons (Fsp3) is 0.444. The molecule has 8 heteroatoms. The van der Waals surface area contributed by atoms with E-state index in [0.29, 0.717) is 29.4 Å². The first-order valence-electron chi connectivity index (χ1n) is 12.4. The molecule has 0 amide bonds. The number of hydrogen-bond donors (Lipinski definition) is 3. The van der Waals surface area contributed by atoms with Crippen LogP contribution in [0.25, 0.3) is 0 Å². The SMILES string of the molecule is CN(C)C1CCC1.COc1cc(Nc2nccc(Nc3cnc4c(c3)C3CCC4C3)n2)ccc1O. The summed E-state index contributed by atoms with van der Waals surface area (Å²) in [5.41, 5.74) is 4.35. The van der Waals surface area contributed by atoms with Gasteiger partial charge in [0, 0.05) is 35.6 Å². The number of phenols is 1. The van der Waals surface area contributed by atoms with Gasteiger partial charge in [-0.3, -0.25) is 4.98 Å². The third-order valence-electron chi connectivity index (χ3n) is 7.38. The zero-order chi connectivity index (χ0) is 24.4. The van der Waals surface area contributed by atoms with Gasteiger partial charge in [0.1, 0.15) is 5.82 Å². The van der Waals surface area contributed by atoms with Crippen LogP contribution in [0.5, 0.6) is 11.5 Å². The monoisotopic (exact) mass is 474 g/mol. The molecule has 35 heavy (non-hydrogen) atoms. The second kappa shape index (κ2) is 10.1. The molecule has 2 fully saturated rings. The summed E-state index contributed by atoms with van der Waals surface area (Å²) in [5, 5.41) is 16.2. The van der Waals surface area contributed by atoms with Crippen molar-refractivity contribution in [1.82, 2.24) is 19.9 Å². The average Bonchev–Trinajstić information content (AvgIpc) is 3.42. The van der Waals surface area contributed by atoms with E-state index < -0.39 is 0 Å². The molecule has 0 saturated heterocycles. The van der Waals surface area contributed by atoms with Gasteiger partial charge in [0.2, 0.25) is 5.95 Å². The number of ether oxygens (including phenoxy) is 1. The minimum atomic E-state index is 0.0854. The van der Waals surface area contributed by atoms with Crippen LogP contribution in [0.3, 0.4) is 0 Å². The normalized spacial score (nSPS) is 20.0. The Hall–Kier alpha value is -3.39. The van der Waals surface area contributed by atoms with E-state index in [9.17, 15) is 5.11 Å². The Morgan fingerprint density at radius 1 is 0.971 bits per heavy atom. The Bertz CT molecular complexity index is 1180. The van der Waals surface area contributed by atoms with Gasteiger partial charge >= 0.3 is 0 Å².